The molecule has 0 spiro atoms. The highest BCUT2D eigenvalue weighted by atomic mass is 19.1. The number of hydrogen-bond acceptors (Lipinski definition) is 6. The van der Waals surface area contributed by atoms with Crippen molar-refractivity contribution in [3.05, 3.63) is 54.4 Å². The number of nitrogens with zero attached hydrogens (tertiary/aromatic N) is 7. The first-order valence-electron chi connectivity index (χ1n) is 8.71. The smallest absolute Gasteiger partial charge is 0.173 e. The molecule has 136 valence electrons. The highest BCUT2D eigenvalue weighted by Crippen LogP contribution is 2.40. The van der Waals surface area contributed by atoms with Gasteiger partial charge in [-0.05, 0) is 12.1 Å². The lowest BCUT2D eigenvalue weighted by atomic mass is 9.90. The fraction of sp³-hybridized carbons (Fsp3) is 0.316. The molecule has 0 unspecified atom stereocenters. The van der Waals surface area contributed by atoms with Crippen molar-refractivity contribution >= 4 is 5.69 Å². The zero-order valence-corrected chi connectivity index (χ0v) is 14.9. The third-order valence-corrected chi connectivity index (χ3v) is 5.04. The number of nitriles is 1. The lowest BCUT2D eigenvalue weighted by Gasteiger charge is -2.38. The molecule has 27 heavy (non-hydrogen) atoms. The molecule has 0 bridgehead atoms. The minimum atomic E-state index is -1.51. The lowest BCUT2D eigenvalue weighted by Crippen LogP contribution is -2.42. The Morgan fingerprint density at radius 3 is 2.59 bits per heavy atom. The number of rotatable bonds is 3. The van der Waals surface area contributed by atoms with E-state index in [0.717, 1.165) is 16.8 Å². The van der Waals surface area contributed by atoms with E-state index in [9.17, 15) is 5.26 Å². The number of piperidine rings is 1. The molecule has 1 aliphatic heterocycles. The van der Waals surface area contributed by atoms with Gasteiger partial charge >= 0.3 is 0 Å². The summed E-state index contributed by atoms with van der Waals surface area (Å²) in [6.07, 6.45) is 5.38. The second-order valence-corrected chi connectivity index (χ2v) is 6.66. The van der Waals surface area contributed by atoms with Gasteiger partial charge in [0.25, 0.3) is 0 Å². The second kappa shape index (κ2) is 6.76. The van der Waals surface area contributed by atoms with E-state index in [2.05, 4.69) is 31.4 Å². The zero-order valence-electron chi connectivity index (χ0n) is 14.9. The van der Waals surface area contributed by atoms with E-state index in [4.69, 9.17) is 0 Å². The first kappa shape index (κ1) is 17.1. The fourth-order valence-electron chi connectivity index (χ4n) is 3.65. The van der Waals surface area contributed by atoms with E-state index in [1.165, 1.54) is 6.33 Å². The number of aromatic nitrogens is 5. The molecule has 0 N–H and O–H groups in total. The lowest BCUT2D eigenvalue weighted by molar-refractivity contribution is 0.109. The Labute approximate surface area is 156 Å². The van der Waals surface area contributed by atoms with Gasteiger partial charge in [-0.25, -0.2) is 4.39 Å². The molecule has 3 aromatic rings. The van der Waals surface area contributed by atoms with E-state index < -0.39 is 5.67 Å². The summed E-state index contributed by atoms with van der Waals surface area (Å²) in [7, 11) is 1.75. The summed E-state index contributed by atoms with van der Waals surface area (Å²) in [5.41, 5.74) is 1.64. The Morgan fingerprint density at radius 1 is 1.15 bits per heavy atom. The van der Waals surface area contributed by atoms with Crippen LogP contribution in [0, 0.1) is 11.3 Å². The van der Waals surface area contributed by atoms with E-state index in [-0.39, 0.29) is 12.8 Å². The van der Waals surface area contributed by atoms with Gasteiger partial charge in [0.2, 0.25) is 0 Å². The summed E-state index contributed by atoms with van der Waals surface area (Å²) in [4.78, 5) is 2.07. The molecule has 0 aliphatic carbocycles. The average molecular weight is 363 g/mol. The van der Waals surface area contributed by atoms with Gasteiger partial charge in [0.05, 0.1) is 23.6 Å². The van der Waals surface area contributed by atoms with Crippen LogP contribution >= 0.6 is 0 Å². The largest absolute Gasteiger partial charge is 0.370 e. The SMILES string of the molecule is Cn1cnnc1C1(F)CCN(c2c(C#N)cccc2-c2ccnnc2)CC1. The quantitative estimate of drug-likeness (QED) is 0.711. The van der Waals surface area contributed by atoms with Crippen molar-refractivity contribution in [3.63, 3.8) is 0 Å². The van der Waals surface area contributed by atoms with Crippen LogP contribution in [0.3, 0.4) is 0 Å². The van der Waals surface area contributed by atoms with Crippen molar-refractivity contribution in [2.24, 2.45) is 7.05 Å². The Hall–Kier alpha value is -3.34. The molecule has 1 fully saturated rings. The molecule has 0 atom stereocenters. The number of para-hydroxylation sites is 1. The first-order valence-corrected chi connectivity index (χ1v) is 8.71. The molecule has 7 nitrogen and oxygen atoms in total. The van der Waals surface area contributed by atoms with E-state index in [0.29, 0.717) is 24.5 Å². The number of benzene rings is 1. The Bertz CT molecular complexity index is 985. The van der Waals surface area contributed by atoms with Crippen LogP contribution in [0.1, 0.15) is 24.2 Å². The number of aryl methyl sites for hydroxylation is 1. The summed E-state index contributed by atoms with van der Waals surface area (Å²) in [5.74, 6) is 0.356. The maximum Gasteiger partial charge on any atom is 0.173 e. The predicted molar refractivity (Wildman–Crippen MR) is 97.4 cm³/mol. The second-order valence-electron chi connectivity index (χ2n) is 6.66. The van der Waals surface area contributed by atoms with Crippen LogP contribution in [0.25, 0.3) is 11.1 Å². The van der Waals surface area contributed by atoms with Crippen molar-refractivity contribution in [3.8, 4) is 17.2 Å². The minimum absolute atomic E-state index is 0.285. The van der Waals surface area contributed by atoms with Crippen molar-refractivity contribution in [2.75, 3.05) is 18.0 Å². The summed E-state index contributed by atoms with van der Waals surface area (Å²) < 4.78 is 17.1. The summed E-state index contributed by atoms with van der Waals surface area (Å²) >= 11 is 0. The number of anilines is 1. The van der Waals surface area contributed by atoms with Crippen molar-refractivity contribution < 1.29 is 4.39 Å². The molecule has 1 aliphatic rings. The first-order chi connectivity index (χ1) is 13.1. The normalized spacial score (nSPS) is 16.1. The summed E-state index contributed by atoms with van der Waals surface area (Å²) in [6, 6.07) is 9.70. The molecule has 0 saturated carbocycles. The van der Waals surface area contributed by atoms with Crippen molar-refractivity contribution in [1.29, 1.82) is 5.26 Å². The van der Waals surface area contributed by atoms with Gasteiger partial charge in [-0.1, -0.05) is 12.1 Å². The summed E-state index contributed by atoms with van der Waals surface area (Å²) in [5, 5.41) is 25.1. The number of hydrogen-bond donors (Lipinski definition) is 0. The van der Waals surface area contributed by atoms with Crippen molar-refractivity contribution in [1.82, 2.24) is 25.0 Å². The highest BCUT2D eigenvalue weighted by molar-refractivity contribution is 5.82. The van der Waals surface area contributed by atoms with E-state index >= 15 is 4.39 Å². The van der Waals surface area contributed by atoms with E-state index in [1.54, 1.807) is 30.1 Å². The fourth-order valence-corrected chi connectivity index (χ4v) is 3.65. The van der Waals surface area contributed by atoms with Gasteiger partial charge in [0, 0.05) is 44.1 Å². The maximum absolute atomic E-state index is 15.5. The average Bonchev–Trinajstić information content (AvgIpc) is 3.15. The molecule has 3 heterocycles. The van der Waals surface area contributed by atoms with Gasteiger partial charge < -0.3 is 9.47 Å². The Morgan fingerprint density at radius 2 is 1.96 bits per heavy atom. The van der Waals surface area contributed by atoms with Crippen molar-refractivity contribution in [2.45, 2.75) is 18.5 Å². The van der Waals surface area contributed by atoms with Crippen LogP contribution in [0.15, 0.2) is 43.0 Å². The van der Waals surface area contributed by atoms with Gasteiger partial charge in [-0.2, -0.15) is 15.5 Å². The molecule has 0 amide bonds. The van der Waals surface area contributed by atoms with Crippen LogP contribution in [-0.2, 0) is 12.7 Å². The monoisotopic (exact) mass is 363 g/mol. The molecular weight excluding hydrogens is 345 g/mol. The minimum Gasteiger partial charge on any atom is -0.370 e. The Balaban J connectivity index is 1.68. The molecule has 1 saturated heterocycles. The zero-order chi connectivity index (χ0) is 18.9. The molecular formula is C19H18FN7. The van der Waals surface area contributed by atoms with E-state index in [1.807, 2.05) is 18.2 Å². The molecule has 1 aromatic carbocycles. The highest BCUT2D eigenvalue weighted by Gasteiger charge is 2.40. The molecule has 2 aromatic heterocycles. The van der Waals surface area contributed by atoms with Gasteiger partial charge in [-0.15, -0.1) is 10.2 Å². The molecule has 8 heteroatoms. The Kier molecular flexibility index (Phi) is 4.28. The third kappa shape index (κ3) is 3.01. The third-order valence-electron chi connectivity index (χ3n) is 5.04. The van der Waals surface area contributed by atoms with Gasteiger partial charge in [0.15, 0.2) is 11.5 Å². The van der Waals surface area contributed by atoms with Crippen LogP contribution in [0.2, 0.25) is 0 Å². The van der Waals surface area contributed by atoms with Crippen LogP contribution in [-0.4, -0.2) is 38.1 Å². The van der Waals surface area contributed by atoms with Crippen LogP contribution in [0.4, 0.5) is 10.1 Å². The van der Waals surface area contributed by atoms with Crippen LogP contribution in [0.5, 0.6) is 0 Å². The summed E-state index contributed by atoms with van der Waals surface area (Å²) in [6.45, 7) is 0.959. The topological polar surface area (TPSA) is 83.5 Å². The van der Waals surface area contributed by atoms with Crippen LogP contribution < -0.4 is 4.90 Å². The maximum atomic E-state index is 15.5. The number of halogens is 1. The number of alkyl halides is 1. The standard InChI is InChI=1S/C19H18FN7/c1-26-13-24-25-18(26)19(20)6-9-27(10-7-19)17-14(11-21)3-2-4-16(17)15-5-8-22-23-12-15/h2-5,8,12-13H,6-7,9-10H2,1H3. The molecule has 4 rings (SSSR count). The predicted octanol–water partition coefficient (Wildman–Crippen LogP) is 2.61. The van der Waals surface area contributed by atoms with Gasteiger partial charge in [0.1, 0.15) is 12.4 Å². The molecule has 0 radical (unpaired) electrons. The van der Waals surface area contributed by atoms with Gasteiger partial charge in [-0.3, -0.25) is 0 Å².